The van der Waals surface area contributed by atoms with E-state index < -0.39 is 0 Å². The van der Waals surface area contributed by atoms with E-state index in [1.54, 1.807) is 0 Å². The molecule has 0 aliphatic heterocycles. The van der Waals surface area contributed by atoms with Gasteiger partial charge in [0.2, 0.25) is 0 Å². The topological polar surface area (TPSA) is 35.6 Å². The summed E-state index contributed by atoms with van der Waals surface area (Å²) in [6.45, 7) is 4.29. The first-order chi connectivity index (χ1) is 36.5. The van der Waals surface area contributed by atoms with Gasteiger partial charge in [-0.05, 0) is 154 Å². The van der Waals surface area contributed by atoms with E-state index in [9.17, 15) is 0 Å². The van der Waals surface area contributed by atoms with E-state index in [0.717, 1.165) is 67.0 Å². The molecule has 0 spiro atoms. The molecule has 0 aliphatic rings. The van der Waals surface area contributed by atoms with Crippen LogP contribution in [0.4, 0.5) is 0 Å². The highest BCUT2D eigenvalue weighted by Crippen LogP contribution is 2.41. The van der Waals surface area contributed by atoms with Crippen molar-refractivity contribution in [1.29, 1.82) is 0 Å². The Morgan fingerprint density at radius 3 is 0.770 bits per heavy atom. The zero-order valence-corrected chi connectivity index (χ0v) is 41.0. The molecule has 0 bridgehead atoms. The largest absolute Gasteiger partial charge is 0.309 e. The molecule has 4 heteroatoms. The number of aromatic nitrogens is 4. The monoisotopic (exact) mass is 944 g/mol. The van der Waals surface area contributed by atoms with Gasteiger partial charge < -0.3 is 9.13 Å². The molecule has 14 rings (SSSR count). The molecule has 0 N–H and O–H groups in total. The Morgan fingerprint density at radius 2 is 0.500 bits per heavy atom. The van der Waals surface area contributed by atoms with Gasteiger partial charge in [-0.3, -0.25) is 0 Å². The van der Waals surface area contributed by atoms with Crippen molar-refractivity contribution in [3.05, 3.63) is 266 Å². The highest BCUT2D eigenvalue weighted by molar-refractivity contribution is 6.13. The molecular formula is C70H48N4. The Balaban J connectivity index is 0.888. The molecule has 4 nitrogen and oxygen atoms in total. The standard InChI is InChI=1S/C70H48N4/c1-45-39-63-64(40-46(45)2)72-70(52-25-33-58(34-26-52)74-67-37-29-55(49-19-11-5-12-20-49)43-61(67)62-44-56(30-38-68(62)74)50-21-13-6-14-22-50)69(71-63)51-23-31-57(32-24-51)73-65-35-27-53(47-15-7-3-8-16-47)41-59(65)60-42-54(28-36-66(60)73)48-17-9-4-10-18-48/h3-44H,1-2H3. The van der Waals surface area contributed by atoms with Gasteiger partial charge in [-0.1, -0.05) is 170 Å². The summed E-state index contributed by atoms with van der Waals surface area (Å²) in [5, 5.41) is 4.87. The predicted octanol–water partition coefficient (Wildman–Crippen LogP) is 18.4. The van der Waals surface area contributed by atoms with Gasteiger partial charge in [0.15, 0.2) is 0 Å². The second-order valence-corrected chi connectivity index (χ2v) is 19.5. The molecule has 0 unspecified atom stereocenters. The van der Waals surface area contributed by atoms with Crippen molar-refractivity contribution in [3.63, 3.8) is 0 Å². The molecule has 3 heterocycles. The molecule has 0 fully saturated rings. The number of hydrogen-bond acceptors (Lipinski definition) is 2. The highest BCUT2D eigenvalue weighted by Gasteiger charge is 2.20. The van der Waals surface area contributed by atoms with Crippen molar-refractivity contribution in [1.82, 2.24) is 19.1 Å². The molecular weight excluding hydrogens is 897 g/mol. The third-order valence-corrected chi connectivity index (χ3v) is 15.0. The molecule has 0 aliphatic carbocycles. The summed E-state index contributed by atoms with van der Waals surface area (Å²) in [5.41, 5.74) is 24.3. The minimum atomic E-state index is 0.848. The lowest BCUT2D eigenvalue weighted by atomic mass is 10.0. The van der Waals surface area contributed by atoms with Crippen LogP contribution < -0.4 is 0 Å². The lowest BCUT2D eigenvalue weighted by Gasteiger charge is -2.14. The molecule has 0 amide bonds. The van der Waals surface area contributed by atoms with Crippen LogP contribution in [0.15, 0.2) is 255 Å². The van der Waals surface area contributed by atoms with E-state index in [4.69, 9.17) is 9.97 Å². The molecule has 3 aromatic heterocycles. The van der Waals surface area contributed by atoms with E-state index in [0.29, 0.717) is 0 Å². The zero-order chi connectivity index (χ0) is 49.3. The molecule has 0 radical (unpaired) electrons. The fourth-order valence-electron chi connectivity index (χ4n) is 11.1. The van der Waals surface area contributed by atoms with Crippen LogP contribution >= 0.6 is 0 Å². The highest BCUT2D eigenvalue weighted by atomic mass is 15.0. The van der Waals surface area contributed by atoms with Crippen LogP contribution in [0.5, 0.6) is 0 Å². The van der Waals surface area contributed by atoms with Crippen molar-refractivity contribution in [2.75, 3.05) is 0 Å². The van der Waals surface area contributed by atoms with E-state index in [-0.39, 0.29) is 0 Å². The predicted molar refractivity (Wildman–Crippen MR) is 310 cm³/mol. The Labute approximate surface area is 429 Å². The van der Waals surface area contributed by atoms with Crippen LogP contribution in [0.2, 0.25) is 0 Å². The van der Waals surface area contributed by atoms with Crippen LogP contribution in [-0.2, 0) is 0 Å². The molecule has 11 aromatic carbocycles. The number of benzene rings is 11. The maximum absolute atomic E-state index is 5.44. The fourth-order valence-corrected chi connectivity index (χ4v) is 11.1. The molecule has 0 saturated carbocycles. The van der Waals surface area contributed by atoms with Crippen LogP contribution in [0.1, 0.15) is 11.1 Å². The van der Waals surface area contributed by atoms with Crippen LogP contribution in [-0.4, -0.2) is 19.1 Å². The lowest BCUT2D eigenvalue weighted by Crippen LogP contribution is -1.99. The quantitative estimate of drug-likeness (QED) is 0.152. The second-order valence-electron chi connectivity index (χ2n) is 19.5. The number of rotatable bonds is 8. The van der Waals surface area contributed by atoms with Crippen molar-refractivity contribution in [2.45, 2.75) is 13.8 Å². The smallest absolute Gasteiger partial charge is 0.0973 e. The first-order valence-corrected chi connectivity index (χ1v) is 25.4. The molecule has 74 heavy (non-hydrogen) atoms. The molecule has 14 aromatic rings. The third kappa shape index (κ3) is 7.38. The number of nitrogens with zero attached hydrogens (tertiary/aromatic N) is 4. The zero-order valence-electron chi connectivity index (χ0n) is 41.0. The van der Waals surface area contributed by atoms with Gasteiger partial charge in [-0.2, -0.15) is 0 Å². The maximum atomic E-state index is 5.44. The van der Waals surface area contributed by atoms with Crippen molar-refractivity contribution < 1.29 is 0 Å². The Hall–Kier alpha value is -9.64. The summed E-state index contributed by atoms with van der Waals surface area (Å²) < 4.78 is 4.80. The maximum Gasteiger partial charge on any atom is 0.0973 e. The van der Waals surface area contributed by atoms with Crippen molar-refractivity contribution in [3.8, 4) is 78.4 Å². The van der Waals surface area contributed by atoms with Gasteiger partial charge in [0, 0.05) is 44.0 Å². The average molecular weight is 945 g/mol. The van der Waals surface area contributed by atoms with E-state index >= 15 is 0 Å². The average Bonchev–Trinajstić information content (AvgIpc) is 3.98. The number of hydrogen-bond donors (Lipinski definition) is 0. The van der Waals surface area contributed by atoms with Gasteiger partial charge >= 0.3 is 0 Å². The molecule has 0 atom stereocenters. The van der Waals surface area contributed by atoms with Crippen LogP contribution in [0.3, 0.4) is 0 Å². The van der Waals surface area contributed by atoms with Crippen molar-refractivity contribution in [2.24, 2.45) is 0 Å². The summed E-state index contributed by atoms with van der Waals surface area (Å²) in [7, 11) is 0. The van der Waals surface area contributed by atoms with E-state index in [1.165, 1.54) is 77.2 Å². The van der Waals surface area contributed by atoms with Crippen molar-refractivity contribution >= 4 is 54.6 Å². The van der Waals surface area contributed by atoms with E-state index in [1.807, 2.05) is 0 Å². The molecule has 348 valence electrons. The van der Waals surface area contributed by atoms with E-state index in [2.05, 4.69) is 278 Å². The minimum Gasteiger partial charge on any atom is -0.309 e. The summed E-state index contributed by atoms with van der Waals surface area (Å²) in [6.07, 6.45) is 0. The Bertz CT molecular complexity index is 3960. The molecule has 0 saturated heterocycles. The number of aryl methyl sites for hydroxylation is 2. The van der Waals surface area contributed by atoms with Gasteiger partial charge in [-0.25, -0.2) is 9.97 Å². The lowest BCUT2D eigenvalue weighted by molar-refractivity contribution is 1.18. The minimum absolute atomic E-state index is 0.848. The summed E-state index contributed by atoms with van der Waals surface area (Å²) in [6, 6.07) is 92.2. The van der Waals surface area contributed by atoms with Gasteiger partial charge in [0.25, 0.3) is 0 Å². The first-order valence-electron chi connectivity index (χ1n) is 25.4. The normalized spacial score (nSPS) is 11.6. The first kappa shape index (κ1) is 43.2. The van der Waals surface area contributed by atoms with Gasteiger partial charge in [0.05, 0.1) is 44.5 Å². The van der Waals surface area contributed by atoms with Crippen LogP contribution in [0.25, 0.3) is 133 Å². The van der Waals surface area contributed by atoms with Crippen LogP contribution in [0, 0.1) is 13.8 Å². The summed E-state index contributed by atoms with van der Waals surface area (Å²) in [5.74, 6) is 0. The summed E-state index contributed by atoms with van der Waals surface area (Å²) in [4.78, 5) is 10.9. The Morgan fingerprint density at radius 1 is 0.243 bits per heavy atom. The summed E-state index contributed by atoms with van der Waals surface area (Å²) >= 11 is 0. The van der Waals surface area contributed by atoms with Gasteiger partial charge in [-0.15, -0.1) is 0 Å². The third-order valence-electron chi connectivity index (χ3n) is 15.0. The fraction of sp³-hybridized carbons (Fsp3) is 0.0286. The Kier molecular flexibility index (Phi) is 10.3. The second kappa shape index (κ2) is 17.6. The SMILES string of the molecule is Cc1cc2nc(-c3ccc(-n4c5ccc(-c6ccccc6)cc5c5cc(-c6ccccc6)ccc54)cc3)c(-c3ccc(-n4c5ccc(-c6ccccc6)cc5c5cc(-c6ccccc6)ccc54)cc3)nc2cc1C. The number of fused-ring (bicyclic) bond motifs is 7. The van der Waals surface area contributed by atoms with Gasteiger partial charge in [0.1, 0.15) is 0 Å².